The molecule has 0 bridgehead atoms. The second kappa shape index (κ2) is 4.04. The van der Waals surface area contributed by atoms with E-state index in [1.807, 2.05) is 6.07 Å². The zero-order valence-corrected chi connectivity index (χ0v) is 8.87. The van der Waals surface area contributed by atoms with Crippen LogP contribution in [0.1, 0.15) is 0 Å². The van der Waals surface area contributed by atoms with Crippen molar-refractivity contribution < 1.29 is 0 Å². The van der Waals surface area contributed by atoms with E-state index in [2.05, 4.69) is 0 Å². The van der Waals surface area contributed by atoms with Gasteiger partial charge in [-0.2, -0.15) is 0 Å². The van der Waals surface area contributed by atoms with E-state index in [0.29, 0.717) is 23.5 Å². The Bertz CT molecular complexity index is 548. The molecule has 0 amide bonds. The predicted molar refractivity (Wildman–Crippen MR) is 62.3 cm³/mol. The van der Waals surface area contributed by atoms with Crippen LogP contribution in [0.3, 0.4) is 0 Å². The lowest BCUT2D eigenvalue weighted by atomic mass is 10.2. The first-order chi connectivity index (χ1) is 7.22. The molecule has 4 heteroatoms. The Morgan fingerprint density at radius 1 is 1.33 bits per heavy atom. The van der Waals surface area contributed by atoms with Gasteiger partial charge in [-0.05, 0) is 29.7 Å². The maximum Gasteiger partial charge on any atom is 0.258 e. The average molecular weight is 223 g/mol. The lowest BCUT2D eigenvalue weighted by molar-refractivity contribution is 0.687. The highest BCUT2D eigenvalue weighted by atomic mass is 35.5. The molecule has 0 unspecified atom stereocenters. The third kappa shape index (κ3) is 1.89. The van der Waals surface area contributed by atoms with Crippen molar-refractivity contribution in [3.63, 3.8) is 0 Å². The maximum atomic E-state index is 11.9. The molecule has 0 aliphatic rings. The van der Waals surface area contributed by atoms with Gasteiger partial charge in [0.1, 0.15) is 0 Å². The van der Waals surface area contributed by atoms with Gasteiger partial charge in [0.05, 0.1) is 0 Å². The molecule has 2 aromatic rings. The second-order valence-electron chi connectivity index (χ2n) is 3.33. The Morgan fingerprint density at radius 3 is 2.87 bits per heavy atom. The van der Waals surface area contributed by atoms with E-state index in [-0.39, 0.29) is 5.56 Å². The molecule has 0 saturated carbocycles. The Labute approximate surface area is 92.1 Å². The molecule has 1 heterocycles. The first-order valence-electron chi connectivity index (χ1n) is 4.71. The van der Waals surface area contributed by atoms with Crippen LogP contribution in [0.4, 0.5) is 0 Å². The standard InChI is InChI=1S/C11H11ClN2O/c12-9-1-2-10-8(7-9)3-5-14(6-4-13)11(10)15/h1-3,5,7H,4,6,13H2. The lowest BCUT2D eigenvalue weighted by Crippen LogP contribution is -2.23. The van der Waals surface area contributed by atoms with Crippen molar-refractivity contribution in [2.75, 3.05) is 6.54 Å². The summed E-state index contributed by atoms with van der Waals surface area (Å²) in [5.74, 6) is 0. The van der Waals surface area contributed by atoms with Crippen molar-refractivity contribution in [1.29, 1.82) is 0 Å². The van der Waals surface area contributed by atoms with E-state index in [9.17, 15) is 4.79 Å². The Balaban J connectivity index is 2.69. The van der Waals surface area contributed by atoms with Gasteiger partial charge in [0.2, 0.25) is 0 Å². The highest BCUT2D eigenvalue weighted by Gasteiger charge is 2.02. The molecule has 0 aliphatic carbocycles. The molecule has 0 fully saturated rings. The van der Waals surface area contributed by atoms with E-state index < -0.39 is 0 Å². The van der Waals surface area contributed by atoms with E-state index in [1.54, 1.807) is 29.0 Å². The van der Waals surface area contributed by atoms with Crippen molar-refractivity contribution in [2.45, 2.75) is 6.54 Å². The fourth-order valence-electron chi connectivity index (χ4n) is 1.57. The smallest absolute Gasteiger partial charge is 0.258 e. The maximum absolute atomic E-state index is 11.9. The summed E-state index contributed by atoms with van der Waals surface area (Å²) < 4.78 is 1.61. The largest absolute Gasteiger partial charge is 0.329 e. The summed E-state index contributed by atoms with van der Waals surface area (Å²) in [6.07, 6.45) is 1.74. The van der Waals surface area contributed by atoms with Gasteiger partial charge in [-0.25, -0.2) is 0 Å². The number of hydrogen-bond donors (Lipinski definition) is 1. The third-order valence-electron chi connectivity index (χ3n) is 2.31. The summed E-state index contributed by atoms with van der Waals surface area (Å²) in [6, 6.07) is 7.12. The van der Waals surface area contributed by atoms with E-state index in [4.69, 9.17) is 17.3 Å². The predicted octanol–water partition coefficient (Wildman–Crippen LogP) is 1.61. The number of aromatic nitrogens is 1. The summed E-state index contributed by atoms with van der Waals surface area (Å²) in [5, 5.41) is 2.18. The second-order valence-corrected chi connectivity index (χ2v) is 3.77. The summed E-state index contributed by atoms with van der Waals surface area (Å²) in [5.41, 5.74) is 5.40. The van der Waals surface area contributed by atoms with Crippen LogP contribution >= 0.6 is 11.6 Å². The minimum absolute atomic E-state index is 0.0189. The van der Waals surface area contributed by atoms with Crippen molar-refractivity contribution in [3.8, 4) is 0 Å². The summed E-state index contributed by atoms with van der Waals surface area (Å²) >= 11 is 5.84. The summed E-state index contributed by atoms with van der Waals surface area (Å²) in [7, 11) is 0. The van der Waals surface area contributed by atoms with Crippen LogP contribution in [-0.4, -0.2) is 11.1 Å². The fraction of sp³-hybridized carbons (Fsp3) is 0.182. The molecule has 0 aliphatic heterocycles. The molecule has 2 N–H and O–H groups in total. The highest BCUT2D eigenvalue weighted by molar-refractivity contribution is 6.31. The van der Waals surface area contributed by atoms with Crippen LogP contribution in [0.5, 0.6) is 0 Å². The van der Waals surface area contributed by atoms with Gasteiger partial charge in [-0.1, -0.05) is 11.6 Å². The fourth-order valence-corrected chi connectivity index (χ4v) is 1.75. The van der Waals surface area contributed by atoms with Crippen molar-refractivity contribution in [1.82, 2.24) is 4.57 Å². The summed E-state index contributed by atoms with van der Waals surface area (Å²) in [6.45, 7) is 0.996. The van der Waals surface area contributed by atoms with Crippen LogP contribution in [-0.2, 0) is 6.54 Å². The van der Waals surface area contributed by atoms with Gasteiger partial charge >= 0.3 is 0 Å². The Hall–Kier alpha value is -1.32. The SMILES string of the molecule is NCCn1ccc2cc(Cl)ccc2c1=O. The normalized spacial score (nSPS) is 10.8. The van der Waals surface area contributed by atoms with Crippen molar-refractivity contribution >= 4 is 22.4 Å². The van der Waals surface area contributed by atoms with Gasteiger partial charge in [-0.15, -0.1) is 0 Å². The van der Waals surface area contributed by atoms with E-state index in [1.165, 1.54) is 0 Å². The molecule has 1 aromatic carbocycles. The topological polar surface area (TPSA) is 48.0 Å². The molecule has 1 aromatic heterocycles. The Morgan fingerprint density at radius 2 is 2.13 bits per heavy atom. The number of hydrogen-bond acceptors (Lipinski definition) is 2. The molecule has 0 spiro atoms. The van der Waals surface area contributed by atoms with Crippen molar-refractivity contribution in [3.05, 3.63) is 45.8 Å². The molecular formula is C11H11ClN2O. The van der Waals surface area contributed by atoms with Gasteiger partial charge in [0, 0.05) is 29.7 Å². The minimum atomic E-state index is -0.0189. The number of halogens is 1. The monoisotopic (exact) mass is 222 g/mol. The number of nitrogens with two attached hydrogens (primary N) is 1. The quantitative estimate of drug-likeness (QED) is 0.840. The van der Waals surface area contributed by atoms with Gasteiger partial charge in [0.25, 0.3) is 5.56 Å². The van der Waals surface area contributed by atoms with Crippen LogP contribution in [0.25, 0.3) is 10.8 Å². The Kier molecular flexibility index (Phi) is 2.75. The minimum Gasteiger partial charge on any atom is -0.329 e. The van der Waals surface area contributed by atoms with Crippen LogP contribution in [0, 0.1) is 0 Å². The molecule has 0 atom stereocenters. The number of fused-ring (bicyclic) bond motifs is 1. The highest BCUT2D eigenvalue weighted by Crippen LogP contribution is 2.15. The first kappa shape index (κ1) is 10.2. The van der Waals surface area contributed by atoms with E-state index in [0.717, 1.165) is 5.39 Å². The van der Waals surface area contributed by atoms with Crippen LogP contribution in [0.2, 0.25) is 5.02 Å². The molecule has 0 radical (unpaired) electrons. The third-order valence-corrected chi connectivity index (χ3v) is 2.54. The van der Waals surface area contributed by atoms with Gasteiger partial charge in [-0.3, -0.25) is 4.79 Å². The number of rotatable bonds is 2. The molecule has 0 saturated heterocycles. The molecule has 15 heavy (non-hydrogen) atoms. The molecular weight excluding hydrogens is 212 g/mol. The number of nitrogens with zero attached hydrogens (tertiary/aromatic N) is 1. The summed E-state index contributed by atoms with van der Waals surface area (Å²) in [4.78, 5) is 11.9. The first-order valence-corrected chi connectivity index (χ1v) is 5.09. The molecule has 3 nitrogen and oxygen atoms in total. The van der Waals surface area contributed by atoms with Crippen LogP contribution in [0.15, 0.2) is 35.3 Å². The molecule has 78 valence electrons. The number of benzene rings is 1. The van der Waals surface area contributed by atoms with Crippen molar-refractivity contribution in [2.24, 2.45) is 5.73 Å². The lowest BCUT2D eigenvalue weighted by Gasteiger charge is -2.05. The number of pyridine rings is 1. The average Bonchev–Trinajstić information content (AvgIpc) is 2.22. The van der Waals surface area contributed by atoms with E-state index >= 15 is 0 Å². The van der Waals surface area contributed by atoms with Gasteiger partial charge in [0.15, 0.2) is 0 Å². The molecule has 2 rings (SSSR count). The zero-order valence-electron chi connectivity index (χ0n) is 8.11. The zero-order chi connectivity index (χ0) is 10.8. The van der Waals surface area contributed by atoms with Gasteiger partial charge < -0.3 is 10.3 Å². The van der Waals surface area contributed by atoms with Crippen LogP contribution < -0.4 is 11.3 Å².